The SMILES string of the molecule is CCCCc1cc(OCC)[c]c(OCC)c1. The zero-order valence-electron chi connectivity index (χ0n) is 10.5. The van der Waals surface area contributed by atoms with E-state index in [0.717, 1.165) is 17.9 Å². The lowest BCUT2D eigenvalue weighted by Gasteiger charge is -2.09. The lowest BCUT2D eigenvalue weighted by Crippen LogP contribution is -1.97. The lowest BCUT2D eigenvalue weighted by molar-refractivity contribution is 0.321. The minimum Gasteiger partial charge on any atom is -0.493 e. The van der Waals surface area contributed by atoms with Crippen molar-refractivity contribution in [1.82, 2.24) is 0 Å². The van der Waals surface area contributed by atoms with E-state index in [2.05, 4.69) is 25.1 Å². The largest absolute Gasteiger partial charge is 0.493 e. The van der Waals surface area contributed by atoms with Gasteiger partial charge in [-0.1, -0.05) is 13.3 Å². The van der Waals surface area contributed by atoms with Crippen LogP contribution in [0.4, 0.5) is 0 Å². The van der Waals surface area contributed by atoms with Gasteiger partial charge in [0, 0.05) is 0 Å². The number of unbranched alkanes of at least 4 members (excludes halogenated alkanes) is 1. The highest BCUT2D eigenvalue weighted by Crippen LogP contribution is 2.23. The number of rotatable bonds is 7. The highest BCUT2D eigenvalue weighted by atomic mass is 16.5. The summed E-state index contributed by atoms with van der Waals surface area (Å²) in [4.78, 5) is 0. The first-order valence-corrected chi connectivity index (χ1v) is 6.12. The molecule has 0 fully saturated rings. The second kappa shape index (κ2) is 7.15. The molecule has 0 spiro atoms. The van der Waals surface area contributed by atoms with Gasteiger partial charge >= 0.3 is 0 Å². The number of aryl methyl sites for hydroxylation is 1. The fraction of sp³-hybridized carbons (Fsp3) is 0.571. The fourth-order valence-corrected chi connectivity index (χ4v) is 1.56. The highest BCUT2D eigenvalue weighted by Gasteiger charge is 2.03. The quantitative estimate of drug-likeness (QED) is 0.700. The third-order valence-corrected chi connectivity index (χ3v) is 2.30. The predicted octanol–water partition coefficient (Wildman–Crippen LogP) is 3.63. The van der Waals surface area contributed by atoms with Gasteiger partial charge in [0.05, 0.1) is 19.3 Å². The molecule has 0 amide bonds. The van der Waals surface area contributed by atoms with Gasteiger partial charge in [-0.25, -0.2) is 0 Å². The van der Waals surface area contributed by atoms with E-state index in [1.165, 1.54) is 18.4 Å². The summed E-state index contributed by atoms with van der Waals surface area (Å²) in [7, 11) is 0. The Morgan fingerprint density at radius 2 is 1.56 bits per heavy atom. The van der Waals surface area contributed by atoms with Crippen LogP contribution in [-0.4, -0.2) is 13.2 Å². The molecule has 1 rings (SSSR count). The minimum absolute atomic E-state index is 0.666. The summed E-state index contributed by atoms with van der Waals surface area (Å²) in [6.07, 6.45) is 3.47. The monoisotopic (exact) mass is 221 g/mol. The zero-order valence-corrected chi connectivity index (χ0v) is 10.5. The van der Waals surface area contributed by atoms with E-state index in [1.807, 2.05) is 13.8 Å². The van der Waals surface area contributed by atoms with Crippen LogP contribution in [-0.2, 0) is 6.42 Å². The molecule has 0 aromatic heterocycles. The van der Waals surface area contributed by atoms with Crippen molar-refractivity contribution in [1.29, 1.82) is 0 Å². The first kappa shape index (κ1) is 12.9. The molecule has 0 bridgehead atoms. The summed E-state index contributed by atoms with van der Waals surface area (Å²) >= 11 is 0. The molecule has 0 saturated heterocycles. The van der Waals surface area contributed by atoms with E-state index in [0.29, 0.717) is 13.2 Å². The Hall–Kier alpha value is -1.18. The molecule has 0 heterocycles. The normalized spacial score (nSPS) is 10.2. The van der Waals surface area contributed by atoms with E-state index in [1.54, 1.807) is 0 Å². The molecule has 0 aliphatic rings. The van der Waals surface area contributed by atoms with Gasteiger partial charge in [0.1, 0.15) is 11.5 Å². The van der Waals surface area contributed by atoms with Gasteiger partial charge < -0.3 is 9.47 Å². The Morgan fingerprint density at radius 3 is 2.00 bits per heavy atom. The highest BCUT2D eigenvalue weighted by molar-refractivity contribution is 5.37. The number of hydrogen-bond donors (Lipinski definition) is 0. The molecule has 1 aromatic rings. The summed E-state index contributed by atoms with van der Waals surface area (Å²) in [6, 6.07) is 7.23. The van der Waals surface area contributed by atoms with E-state index < -0.39 is 0 Å². The first-order chi connectivity index (χ1) is 7.80. The maximum Gasteiger partial charge on any atom is 0.131 e. The summed E-state index contributed by atoms with van der Waals surface area (Å²) in [6.45, 7) is 7.49. The average molecular weight is 221 g/mol. The third-order valence-electron chi connectivity index (χ3n) is 2.30. The zero-order chi connectivity index (χ0) is 11.8. The smallest absolute Gasteiger partial charge is 0.131 e. The Labute approximate surface area is 98.6 Å². The third kappa shape index (κ3) is 4.13. The van der Waals surface area contributed by atoms with Crippen LogP contribution >= 0.6 is 0 Å². The molecule has 0 unspecified atom stereocenters. The summed E-state index contributed by atoms with van der Waals surface area (Å²) in [5, 5.41) is 0. The molecule has 0 N–H and O–H groups in total. The van der Waals surface area contributed by atoms with E-state index in [9.17, 15) is 0 Å². The van der Waals surface area contributed by atoms with E-state index >= 15 is 0 Å². The standard InChI is InChI=1S/C14H21O2/c1-4-7-8-12-9-13(15-5-2)11-14(10-12)16-6-3/h9-10H,4-8H2,1-3H3. The first-order valence-electron chi connectivity index (χ1n) is 6.12. The average Bonchev–Trinajstić information content (AvgIpc) is 2.27. The van der Waals surface area contributed by atoms with Gasteiger partial charge in [-0.2, -0.15) is 0 Å². The number of hydrogen-bond acceptors (Lipinski definition) is 2. The Kier molecular flexibility index (Phi) is 5.76. The van der Waals surface area contributed by atoms with E-state index in [-0.39, 0.29) is 0 Å². The Morgan fingerprint density at radius 1 is 1.00 bits per heavy atom. The van der Waals surface area contributed by atoms with Crippen LogP contribution in [0.3, 0.4) is 0 Å². The van der Waals surface area contributed by atoms with Crippen LogP contribution in [0.1, 0.15) is 39.2 Å². The summed E-state index contributed by atoms with van der Waals surface area (Å²) < 4.78 is 11.0. The van der Waals surface area contributed by atoms with Crippen LogP contribution in [0.5, 0.6) is 11.5 Å². The summed E-state index contributed by atoms with van der Waals surface area (Å²) in [5.41, 5.74) is 1.27. The van der Waals surface area contributed by atoms with Crippen LogP contribution in [0.25, 0.3) is 0 Å². The summed E-state index contributed by atoms with van der Waals surface area (Å²) in [5.74, 6) is 1.58. The molecule has 1 radical (unpaired) electrons. The number of benzene rings is 1. The van der Waals surface area contributed by atoms with Gasteiger partial charge in [0.25, 0.3) is 0 Å². The van der Waals surface area contributed by atoms with Crippen LogP contribution in [0.2, 0.25) is 0 Å². The second-order valence-corrected chi connectivity index (χ2v) is 3.69. The van der Waals surface area contributed by atoms with Crippen molar-refractivity contribution in [3.8, 4) is 11.5 Å². The van der Waals surface area contributed by atoms with Gasteiger partial charge in [0.2, 0.25) is 0 Å². The molecule has 2 heteroatoms. The maximum atomic E-state index is 5.48. The van der Waals surface area contributed by atoms with Gasteiger partial charge in [-0.15, -0.1) is 0 Å². The van der Waals surface area contributed by atoms with Crippen molar-refractivity contribution in [3.63, 3.8) is 0 Å². The lowest BCUT2D eigenvalue weighted by atomic mass is 10.1. The van der Waals surface area contributed by atoms with Crippen molar-refractivity contribution in [2.24, 2.45) is 0 Å². The van der Waals surface area contributed by atoms with Gasteiger partial charge in [-0.3, -0.25) is 0 Å². The topological polar surface area (TPSA) is 18.5 Å². The number of ether oxygens (including phenoxy) is 2. The van der Waals surface area contributed by atoms with Gasteiger partial charge in [0.15, 0.2) is 0 Å². The second-order valence-electron chi connectivity index (χ2n) is 3.69. The Balaban J connectivity index is 2.80. The van der Waals surface area contributed by atoms with E-state index in [4.69, 9.17) is 9.47 Å². The van der Waals surface area contributed by atoms with Crippen LogP contribution in [0.15, 0.2) is 12.1 Å². The van der Waals surface area contributed by atoms with Crippen molar-refractivity contribution >= 4 is 0 Å². The molecule has 2 nitrogen and oxygen atoms in total. The maximum absolute atomic E-state index is 5.48. The Bertz CT molecular complexity index is 283. The molecule has 0 aliphatic carbocycles. The molecule has 0 atom stereocenters. The van der Waals surface area contributed by atoms with Crippen molar-refractivity contribution in [2.45, 2.75) is 40.0 Å². The molecule has 89 valence electrons. The minimum atomic E-state index is 0.666. The van der Waals surface area contributed by atoms with Gasteiger partial charge in [-0.05, 0) is 44.4 Å². The molecule has 16 heavy (non-hydrogen) atoms. The van der Waals surface area contributed by atoms with Crippen molar-refractivity contribution in [2.75, 3.05) is 13.2 Å². The van der Waals surface area contributed by atoms with Crippen molar-refractivity contribution in [3.05, 3.63) is 23.8 Å². The van der Waals surface area contributed by atoms with Crippen LogP contribution < -0.4 is 9.47 Å². The van der Waals surface area contributed by atoms with Crippen molar-refractivity contribution < 1.29 is 9.47 Å². The molecular formula is C14H21O2. The molecule has 0 aliphatic heterocycles. The fourth-order valence-electron chi connectivity index (χ4n) is 1.56. The predicted molar refractivity (Wildman–Crippen MR) is 66.2 cm³/mol. The van der Waals surface area contributed by atoms with Crippen LogP contribution in [0, 0.1) is 6.07 Å². The molecule has 1 aromatic carbocycles. The molecular weight excluding hydrogens is 200 g/mol. The molecule has 0 saturated carbocycles.